The van der Waals surface area contributed by atoms with Gasteiger partial charge in [0.25, 0.3) is 0 Å². The second-order valence-corrected chi connectivity index (χ2v) is 6.10. The number of nitrogens with one attached hydrogen (secondary N) is 1. The number of piperazine rings is 1. The molecule has 0 spiro atoms. The van der Waals surface area contributed by atoms with E-state index in [1.54, 1.807) is 0 Å². The lowest BCUT2D eigenvalue weighted by Gasteiger charge is -2.38. The number of benzene rings is 2. The summed E-state index contributed by atoms with van der Waals surface area (Å²) in [6.45, 7) is 3.01. The molecule has 1 atom stereocenters. The highest BCUT2D eigenvalue weighted by Crippen LogP contribution is 2.27. The van der Waals surface area contributed by atoms with Gasteiger partial charge >= 0.3 is 0 Å². The molecule has 0 saturated carbocycles. The first-order valence-corrected chi connectivity index (χ1v) is 8.27. The maximum Gasteiger partial charge on any atom is 0.136 e. The Morgan fingerprint density at radius 3 is 2.74 bits per heavy atom. The summed E-state index contributed by atoms with van der Waals surface area (Å²) < 4.78 is 0. The van der Waals surface area contributed by atoms with Crippen molar-refractivity contribution in [3.8, 4) is 0 Å². The summed E-state index contributed by atoms with van der Waals surface area (Å²) in [5.74, 6) is 1.12. The van der Waals surface area contributed by atoms with Crippen molar-refractivity contribution in [2.24, 2.45) is 0 Å². The number of rotatable bonds is 3. The van der Waals surface area contributed by atoms with Crippen molar-refractivity contribution in [1.29, 1.82) is 0 Å². The van der Waals surface area contributed by atoms with Gasteiger partial charge in [0.05, 0.1) is 0 Å². The van der Waals surface area contributed by atoms with Gasteiger partial charge in [0, 0.05) is 37.3 Å². The largest absolute Gasteiger partial charge is 0.350 e. The fourth-order valence-corrected chi connectivity index (χ4v) is 3.44. The van der Waals surface area contributed by atoms with Gasteiger partial charge in [0.1, 0.15) is 5.82 Å². The number of anilines is 1. The summed E-state index contributed by atoms with van der Waals surface area (Å²) >= 11 is 0. The number of fused-ring (bicyclic) bond motifs is 1. The standard InChI is InChI=1S/C20H21N3/c1-2-6-16(7-3-1)14-18-15-21-12-13-23(18)20-19-9-5-4-8-17(19)10-11-22-20/h1-11,18,21H,12-15H2. The van der Waals surface area contributed by atoms with Crippen LogP contribution in [0.4, 0.5) is 5.82 Å². The van der Waals surface area contributed by atoms with Crippen LogP contribution in [-0.4, -0.2) is 30.7 Å². The predicted octanol–water partition coefficient (Wildman–Crippen LogP) is 3.26. The lowest BCUT2D eigenvalue weighted by atomic mass is 10.0. The van der Waals surface area contributed by atoms with Gasteiger partial charge in [0.15, 0.2) is 0 Å². The Kier molecular flexibility index (Phi) is 3.95. The fourth-order valence-electron chi connectivity index (χ4n) is 3.44. The van der Waals surface area contributed by atoms with E-state index < -0.39 is 0 Å². The number of hydrogen-bond acceptors (Lipinski definition) is 3. The van der Waals surface area contributed by atoms with Crippen LogP contribution in [0.2, 0.25) is 0 Å². The summed E-state index contributed by atoms with van der Waals surface area (Å²) in [5, 5.41) is 6.04. The maximum absolute atomic E-state index is 4.72. The fraction of sp³-hybridized carbons (Fsp3) is 0.250. The summed E-state index contributed by atoms with van der Waals surface area (Å²) in [6, 6.07) is 21.8. The van der Waals surface area contributed by atoms with E-state index in [1.165, 1.54) is 16.3 Å². The van der Waals surface area contributed by atoms with Crippen molar-refractivity contribution < 1.29 is 0 Å². The molecule has 1 N–H and O–H groups in total. The van der Waals surface area contributed by atoms with Gasteiger partial charge in [-0.25, -0.2) is 4.98 Å². The zero-order valence-electron chi connectivity index (χ0n) is 13.2. The van der Waals surface area contributed by atoms with Gasteiger partial charge in [-0.1, -0.05) is 54.6 Å². The first kappa shape index (κ1) is 14.2. The Labute approximate surface area is 137 Å². The molecule has 3 heteroatoms. The second-order valence-electron chi connectivity index (χ2n) is 6.10. The second kappa shape index (κ2) is 6.39. The molecule has 1 aliphatic rings. The van der Waals surface area contributed by atoms with Crippen molar-refractivity contribution >= 4 is 16.6 Å². The molecule has 2 aromatic carbocycles. The lowest BCUT2D eigenvalue weighted by Crippen LogP contribution is -2.52. The zero-order chi connectivity index (χ0) is 15.5. The van der Waals surface area contributed by atoms with E-state index in [9.17, 15) is 0 Å². The van der Waals surface area contributed by atoms with Gasteiger partial charge in [-0.15, -0.1) is 0 Å². The topological polar surface area (TPSA) is 28.2 Å². The zero-order valence-corrected chi connectivity index (χ0v) is 13.2. The summed E-state index contributed by atoms with van der Waals surface area (Å²) in [6.07, 6.45) is 2.97. The van der Waals surface area contributed by atoms with Gasteiger partial charge in [0.2, 0.25) is 0 Å². The quantitative estimate of drug-likeness (QED) is 0.805. The average molecular weight is 303 g/mol. The highest BCUT2D eigenvalue weighted by Gasteiger charge is 2.24. The summed E-state index contributed by atoms with van der Waals surface area (Å²) in [7, 11) is 0. The van der Waals surface area contributed by atoms with Crippen LogP contribution < -0.4 is 10.2 Å². The van der Waals surface area contributed by atoms with Crippen LogP contribution in [0.5, 0.6) is 0 Å². The van der Waals surface area contributed by atoms with E-state index in [0.717, 1.165) is 31.9 Å². The Hall–Kier alpha value is -2.39. The van der Waals surface area contributed by atoms with Crippen LogP contribution in [0.25, 0.3) is 10.8 Å². The minimum atomic E-state index is 0.435. The number of pyridine rings is 1. The Morgan fingerprint density at radius 1 is 1.00 bits per heavy atom. The van der Waals surface area contributed by atoms with Crippen LogP contribution in [0.15, 0.2) is 66.9 Å². The normalized spacial score (nSPS) is 18.3. The third-order valence-electron chi connectivity index (χ3n) is 4.59. The first-order chi connectivity index (χ1) is 11.4. The molecule has 0 amide bonds. The van der Waals surface area contributed by atoms with E-state index in [2.05, 4.69) is 70.9 Å². The van der Waals surface area contributed by atoms with Crippen LogP contribution >= 0.6 is 0 Å². The molecule has 3 nitrogen and oxygen atoms in total. The molecule has 1 aliphatic heterocycles. The monoisotopic (exact) mass is 303 g/mol. The van der Waals surface area contributed by atoms with Crippen molar-refractivity contribution in [2.45, 2.75) is 12.5 Å². The molecule has 23 heavy (non-hydrogen) atoms. The van der Waals surface area contributed by atoms with Crippen molar-refractivity contribution in [3.63, 3.8) is 0 Å². The van der Waals surface area contributed by atoms with E-state index in [1.807, 2.05) is 6.20 Å². The molecule has 0 radical (unpaired) electrons. The molecule has 1 saturated heterocycles. The molecule has 1 fully saturated rings. The Balaban J connectivity index is 1.69. The number of aromatic nitrogens is 1. The summed E-state index contributed by atoms with van der Waals surface area (Å²) in [4.78, 5) is 7.20. The molecule has 1 unspecified atom stereocenters. The molecule has 1 aromatic heterocycles. The van der Waals surface area contributed by atoms with Gasteiger partial charge in [-0.3, -0.25) is 0 Å². The first-order valence-electron chi connectivity index (χ1n) is 8.27. The van der Waals surface area contributed by atoms with Crippen molar-refractivity contribution in [3.05, 3.63) is 72.4 Å². The van der Waals surface area contributed by atoms with E-state index >= 15 is 0 Å². The molecule has 0 bridgehead atoms. The van der Waals surface area contributed by atoms with Gasteiger partial charge in [-0.05, 0) is 23.4 Å². The minimum absolute atomic E-state index is 0.435. The van der Waals surface area contributed by atoms with E-state index in [-0.39, 0.29) is 0 Å². The van der Waals surface area contributed by atoms with Crippen LogP contribution in [0.3, 0.4) is 0 Å². The van der Waals surface area contributed by atoms with Gasteiger partial charge < -0.3 is 10.2 Å². The van der Waals surface area contributed by atoms with Crippen molar-refractivity contribution in [2.75, 3.05) is 24.5 Å². The van der Waals surface area contributed by atoms with Gasteiger partial charge in [-0.2, -0.15) is 0 Å². The van der Waals surface area contributed by atoms with Crippen molar-refractivity contribution in [1.82, 2.24) is 10.3 Å². The molecular weight excluding hydrogens is 282 g/mol. The highest BCUT2D eigenvalue weighted by molar-refractivity contribution is 5.92. The highest BCUT2D eigenvalue weighted by atomic mass is 15.3. The Morgan fingerprint density at radius 2 is 1.83 bits per heavy atom. The predicted molar refractivity (Wildman–Crippen MR) is 95.9 cm³/mol. The van der Waals surface area contributed by atoms with Crippen LogP contribution in [0.1, 0.15) is 5.56 Å². The average Bonchev–Trinajstić information content (AvgIpc) is 2.63. The molecule has 2 heterocycles. The van der Waals surface area contributed by atoms with E-state index in [4.69, 9.17) is 4.98 Å². The molecule has 3 aromatic rings. The lowest BCUT2D eigenvalue weighted by molar-refractivity contribution is 0.471. The smallest absolute Gasteiger partial charge is 0.136 e. The molecule has 116 valence electrons. The number of hydrogen-bond donors (Lipinski definition) is 1. The third-order valence-corrected chi connectivity index (χ3v) is 4.59. The Bertz CT molecular complexity index is 780. The summed E-state index contributed by atoms with van der Waals surface area (Å²) in [5.41, 5.74) is 1.38. The van der Waals surface area contributed by atoms with Crippen LogP contribution in [-0.2, 0) is 6.42 Å². The molecular formula is C20H21N3. The van der Waals surface area contributed by atoms with E-state index in [0.29, 0.717) is 6.04 Å². The number of nitrogens with zero attached hydrogens (tertiary/aromatic N) is 2. The molecule has 4 rings (SSSR count). The molecule has 0 aliphatic carbocycles. The third kappa shape index (κ3) is 2.92. The van der Waals surface area contributed by atoms with Crippen LogP contribution in [0, 0.1) is 0 Å². The SMILES string of the molecule is c1ccc(CC2CNCCN2c2nccc3ccccc23)cc1. The minimum Gasteiger partial charge on any atom is -0.350 e. The maximum atomic E-state index is 4.72.